The predicted octanol–water partition coefficient (Wildman–Crippen LogP) is 3.32. The van der Waals surface area contributed by atoms with Gasteiger partial charge in [-0.2, -0.15) is 0 Å². The van der Waals surface area contributed by atoms with E-state index in [2.05, 4.69) is 23.5 Å². The zero-order valence-corrected chi connectivity index (χ0v) is 13.6. The Morgan fingerprint density at radius 1 is 1.17 bits per heavy atom. The Morgan fingerprint density at radius 2 is 1.91 bits per heavy atom. The zero-order valence-electron chi connectivity index (χ0n) is 13.6. The molecule has 0 bridgehead atoms. The number of fused-ring (bicyclic) bond motifs is 1. The van der Waals surface area contributed by atoms with E-state index in [0.717, 1.165) is 11.1 Å². The quantitative estimate of drug-likeness (QED) is 0.946. The second kappa shape index (κ2) is 6.32. The summed E-state index contributed by atoms with van der Waals surface area (Å²) in [5.74, 6) is 1.13. The lowest BCUT2D eigenvalue weighted by Crippen LogP contribution is -2.44. The minimum atomic E-state index is -0.627. The van der Waals surface area contributed by atoms with Crippen molar-refractivity contribution in [2.24, 2.45) is 0 Å². The van der Waals surface area contributed by atoms with Gasteiger partial charge in [0, 0.05) is 0 Å². The third-order valence-corrected chi connectivity index (χ3v) is 4.06. The van der Waals surface area contributed by atoms with Gasteiger partial charge in [-0.3, -0.25) is 4.79 Å². The molecule has 1 N–H and O–H groups in total. The minimum absolute atomic E-state index is 0.0804. The molecule has 4 nitrogen and oxygen atoms in total. The SMILES string of the molecule is Cc1ccc(C)c([C@@H](C)NC(=O)[C@H]2COc3ccccc3O2)c1. The average Bonchev–Trinajstić information content (AvgIpc) is 2.56. The number of para-hydroxylation sites is 2. The Hall–Kier alpha value is -2.49. The maximum atomic E-state index is 12.5. The van der Waals surface area contributed by atoms with E-state index in [4.69, 9.17) is 9.47 Å². The molecule has 2 atom stereocenters. The van der Waals surface area contributed by atoms with Crippen LogP contribution in [0, 0.1) is 13.8 Å². The van der Waals surface area contributed by atoms with E-state index in [1.54, 1.807) is 0 Å². The van der Waals surface area contributed by atoms with Gasteiger partial charge in [0.05, 0.1) is 6.04 Å². The summed E-state index contributed by atoms with van der Waals surface area (Å²) in [4.78, 5) is 12.5. The Labute approximate surface area is 136 Å². The molecule has 2 aromatic rings. The molecule has 0 saturated carbocycles. The number of aryl methyl sites for hydroxylation is 2. The summed E-state index contributed by atoms with van der Waals surface area (Å²) in [6.07, 6.45) is -0.627. The number of rotatable bonds is 3. The predicted molar refractivity (Wildman–Crippen MR) is 88.8 cm³/mol. The molecule has 0 unspecified atom stereocenters. The first-order chi connectivity index (χ1) is 11.0. The highest BCUT2D eigenvalue weighted by atomic mass is 16.6. The van der Waals surface area contributed by atoms with Crippen molar-refractivity contribution in [3.05, 3.63) is 59.2 Å². The van der Waals surface area contributed by atoms with Gasteiger partial charge in [-0.15, -0.1) is 0 Å². The molecule has 120 valence electrons. The highest BCUT2D eigenvalue weighted by molar-refractivity contribution is 5.82. The van der Waals surface area contributed by atoms with E-state index in [1.165, 1.54) is 5.56 Å². The van der Waals surface area contributed by atoms with Crippen molar-refractivity contribution < 1.29 is 14.3 Å². The van der Waals surface area contributed by atoms with Crippen molar-refractivity contribution in [1.82, 2.24) is 5.32 Å². The Bertz CT molecular complexity index is 726. The molecular weight excluding hydrogens is 290 g/mol. The van der Waals surface area contributed by atoms with Crippen molar-refractivity contribution in [2.75, 3.05) is 6.61 Å². The van der Waals surface area contributed by atoms with Crippen LogP contribution in [0.3, 0.4) is 0 Å². The van der Waals surface area contributed by atoms with Crippen LogP contribution in [0.4, 0.5) is 0 Å². The van der Waals surface area contributed by atoms with Crippen LogP contribution in [-0.2, 0) is 4.79 Å². The maximum absolute atomic E-state index is 12.5. The molecule has 0 aromatic heterocycles. The largest absolute Gasteiger partial charge is 0.485 e. The van der Waals surface area contributed by atoms with Gasteiger partial charge in [0.15, 0.2) is 11.5 Å². The van der Waals surface area contributed by atoms with E-state index < -0.39 is 6.10 Å². The first-order valence-corrected chi connectivity index (χ1v) is 7.80. The topological polar surface area (TPSA) is 47.6 Å². The van der Waals surface area contributed by atoms with Gasteiger partial charge in [0.1, 0.15) is 6.61 Å². The van der Waals surface area contributed by atoms with Crippen LogP contribution in [-0.4, -0.2) is 18.6 Å². The summed E-state index contributed by atoms with van der Waals surface area (Å²) in [7, 11) is 0. The fraction of sp³-hybridized carbons (Fsp3) is 0.316. The molecular formula is C19H21NO3. The van der Waals surface area contributed by atoms with Gasteiger partial charge >= 0.3 is 0 Å². The first-order valence-electron chi connectivity index (χ1n) is 7.80. The Kier molecular flexibility index (Phi) is 4.24. The van der Waals surface area contributed by atoms with Crippen LogP contribution < -0.4 is 14.8 Å². The molecule has 0 spiro atoms. The van der Waals surface area contributed by atoms with Gasteiger partial charge in [-0.1, -0.05) is 35.9 Å². The molecule has 1 aliphatic heterocycles. The van der Waals surface area contributed by atoms with Crippen LogP contribution in [0.2, 0.25) is 0 Å². The van der Waals surface area contributed by atoms with Crippen molar-refractivity contribution in [1.29, 1.82) is 0 Å². The lowest BCUT2D eigenvalue weighted by atomic mass is 10.00. The summed E-state index contributed by atoms with van der Waals surface area (Å²) in [6, 6.07) is 13.6. The number of ether oxygens (including phenoxy) is 2. The van der Waals surface area contributed by atoms with Gasteiger partial charge < -0.3 is 14.8 Å². The first kappa shape index (κ1) is 15.4. The zero-order chi connectivity index (χ0) is 16.4. The van der Waals surface area contributed by atoms with Crippen molar-refractivity contribution in [2.45, 2.75) is 32.9 Å². The molecule has 1 heterocycles. The fourth-order valence-electron chi connectivity index (χ4n) is 2.76. The van der Waals surface area contributed by atoms with Crippen LogP contribution in [0.5, 0.6) is 11.5 Å². The second-order valence-corrected chi connectivity index (χ2v) is 5.95. The third kappa shape index (κ3) is 3.31. The van der Waals surface area contributed by atoms with Crippen LogP contribution in [0.15, 0.2) is 42.5 Å². The number of nitrogens with one attached hydrogen (secondary N) is 1. The van der Waals surface area contributed by atoms with Gasteiger partial charge in [-0.05, 0) is 44.0 Å². The lowest BCUT2D eigenvalue weighted by Gasteiger charge is -2.27. The summed E-state index contributed by atoms with van der Waals surface area (Å²) in [5, 5.41) is 3.02. The van der Waals surface area contributed by atoms with Crippen LogP contribution in [0.25, 0.3) is 0 Å². The van der Waals surface area contributed by atoms with Crippen molar-refractivity contribution >= 4 is 5.91 Å². The van der Waals surface area contributed by atoms with E-state index >= 15 is 0 Å². The molecule has 0 saturated heterocycles. The van der Waals surface area contributed by atoms with Crippen molar-refractivity contribution in [3.63, 3.8) is 0 Å². The normalized spacial score (nSPS) is 17.4. The number of amides is 1. The molecule has 1 aliphatic rings. The van der Waals surface area contributed by atoms with Crippen molar-refractivity contribution in [3.8, 4) is 11.5 Å². The standard InChI is InChI=1S/C19H21NO3/c1-12-8-9-13(2)15(10-12)14(3)20-19(21)18-11-22-16-6-4-5-7-17(16)23-18/h4-10,14,18H,11H2,1-3H3,(H,20,21)/t14-,18-/m1/s1. The van der Waals surface area contributed by atoms with Crippen LogP contribution in [0.1, 0.15) is 29.7 Å². The number of carbonyl (C=O) groups is 1. The van der Waals surface area contributed by atoms with E-state index in [0.29, 0.717) is 11.5 Å². The van der Waals surface area contributed by atoms with Crippen LogP contribution >= 0.6 is 0 Å². The van der Waals surface area contributed by atoms with Gasteiger partial charge in [0.2, 0.25) is 6.10 Å². The molecule has 0 aliphatic carbocycles. The Balaban J connectivity index is 1.69. The summed E-state index contributed by atoms with van der Waals surface area (Å²) in [6.45, 7) is 6.31. The number of hydrogen-bond acceptors (Lipinski definition) is 3. The monoisotopic (exact) mass is 311 g/mol. The van der Waals surface area contributed by atoms with E-state index in [9.17, 15) is 4.79 Å². The molecule has 0 radical (unpaired) electrons. The highest BCUT2D eigenvalue weighted by Gasteiger charge is 2.28. The fourth-order valence-corrected chi connectivity index (χ4v) is 2.76. The molecule has 0 fully saturated rings. The second-order valence-electron chi connectivity index (χ2n) is 5.95. The summed E-state index contributed by atoms with van der Waals surface area (Å²) < 4.78 is 11.3. The van der Waals surface area contributed by atoms with Gasteiger partial charge in [-0.25, -0.2) is 0 Å². The molecule has 4 heteroatoms. The van der Waals surface area contributed by atoms with Gasteiger partial charge in [0.25, 0.3) is 5.91 Å². The smallest absolute Gasteiger partial charge is 0.265 e. The number of benzene rings is 2. The Morgan fingerprint density at radius 3 is 2.70 bits per heavy atom. The molecule has 2 aromatic carbocycles. The molecule has 3 rings (SSSR count). The average molecular weight is 311 g/mol. The lowest BCUT2D eigenvalue weighted by molar-refractivity contribution is -0.131. The summed E-state index contributed by atoms with van der Waals surface area (Å²) in [5.41, 5.74) is 3.46. The van der Waals surface area contributed by atoms with E-state index in [-0.39, 0.29) is 18.6 Å². The summed E-state index contributed by atoms with van der Waals surface area (Å²) >= 11 is 0. The number of hydrogen-bond donors (Lipinski definition) is 1. The number of carbonyl (C=O) groups excluding carboxylic acids is 1. The molecule has 23 heavy (non-hydrogen) atoms. The van der Waals surface area contributed by atoms with E-state index in [1.807, 2.05) is 45.0 Å². The molecule has 1 amide bonds. The third-order valence-electron chi connectivity index (χ3n) is 4.06. The minimum Gasteiger partial charge on any atom is -0.485 e. The maximum Gasteiger partial charge on any atom is 0.265 e. The highest BCUT2D eigenvalue weighted by Crippen LogP contribution is 2.31.